The molecular formula is C16H19NO3. The van der Waals surface area contributed by atoms with Gasteiger partial charge in [0.25, 0.3) is 11.8 Å². The van der Waals surface area contributed by atoms with Crippen LogP contribution < -0.4 is 0 Å². The van der Waals surface area contributed by atoms with E-state index in [1.165, 1.54) is 4.90 Å². The second-order valence-corrected chi connectivity index (χ2v) is 4.83. The second-order valence-electron chi connectivity index (χ2n) is 4.83. The Balaban J connectivity index is 1.94. The van der Waals surface area contributed by atoms with Crippen LogP contribution in [-0.2, 0) is 4.74 Å². The van der Waals surface area contributed by atoms with Gasteiger partial charge in [-0.25, -0.2) is 0 Å². The van der Waals surface area contributed by atoms with E-state index < -0.39 is 0 Å². The Labute approximate surface area is 119 Å². The highest BCUT2D eigenvalue weighted by molar-refractivity contribution is 6.21. The van der Waals surface area contributed by atoms with Crippen molar-refractivity contribution in [1.29, 1.82) is 0 Å². The molecule has 1 aliphatic rings. The van der Waals surface area contributed by atoms with Gasteiger partial charge < -0.3 is 4.74 Å². The molecule has 0 unspecified atom stereocenters. The van der Waals surface area contributed by atoms with Gasteiger partial charge in [-0.05, 0) is 31.1 Å². The van der Waals surface area contributed by atoms with Gasteiger partial charge in [0.1, 0.15) is 0 Å². The molecule has 0 spiro atoms. The van der Waals surface area contributed by atoms with Gasteiger partial charge in [-0.1, -0.05) is 25.6 Å². The predicted molar refractivity (Wildman–Crippen MR) is 76.7 cm³/mol. The minimum absolute atomic E-state index is 0.0600. The summed E-state index contributed by atoms with van der Waals surface area (Å²) >= 11 is 0. The zero-order chi connectivity index (χ0) is 14.7. The number of amides is 2. The minimum Gasteiger partial charge on any atom is -0.372 e. The van der Waals surface area contributed by atoms with Gasteiger partial charge in [0, 0.05) is 0 Å². The smallest absolute Gasteiger partial charge is 0.261 e. The molecule has 20 heavy (non-hydrogen) atoms. The first-order valence-corrected chi connectivity index (χ1v) is 6.80. The zero-order valence-corrected chi connectivity index (χ0v) is 11.9. The molecule has 4 heteroatoms. The van der Waals surface area contributed by atoms with E-state index in [0.29, 0.717) is 17.7 Å². The first kappa shape index (κ1) is 14.5. The quantitative estimate of drug-likeness (QED) is 0.591. The molecule has 2 rings (SSSR count). The average Bonchev–Trinajstić information content (AvgIpc) is 2.71. The van der Waals surface area contributed by atoms with Crippen molar-refractivity contribution < 1.29 is 14.3 Å². The Morgan fingerprint density at radius 1 is 1.25 bits per heavy atom. The molecule has 4 nitrogen and oxygen atoms in total. The fourth-order valence-electron chi connectivity index (χ4n) is 2.17. The maximum atomic E-state index is 12.1. The number of imide groups is 1. The summed E-state index contributed by atoms with van der Waals surface area (Å²) in [5.41, 5.74) is 1.96. The fourth-order valence-corrected chi connectivity index (χ4v) is 2.17. The van der Waals surface area contributed by atoms with Crippen LogP contribution in [-0.4, -0.2) is 36.0 Å². The number of carbonyl (C=O) groups excluding carboxylic acids is 2. The van der Waals surface area contributed by atoms with Crippen molar-refractivity contribution in [1.82, 2.24) is 4.90 Å². The van der Waals surface area contributed by atoms with E-state index in [0.717, 1.165) is 12.0 Å². The van der Waals surface area contributed by atoms with Crippen LogP contribution in [0.25, 0.3) is 0 Å². The van der Waals surface area contributed by atoms with Crippen molar-refractivity contribution in [3.8, 4) is 0 Å². The zero-order valence-electron chi connectivity index (χ0n) is 11.9. The van der Waals surface area contributed by atoms with Crippen LogP contribution in [0.15, 0.2) is 36.4 Å². The summed E-state index contributed by atoms with van der Waals surface area (Å²) < 4.78 is 5.61. The van der Waals surface area contributed by atoms with Gasteiger partial charge >= 0.3 is 0 Å². The van der Waals surface area contributed by atoms with Crippen LogP contribution in [0.5, 0.6) is 0 Å². The predicted octanol–water partition coefficient (Wildman–Crippen LogP) is 2.65. The molecule has 1 aromatic carbocycles. The van der Waals surface area contributed by atoms with Gasteiger partial charge in [-0.2, -0.15) is 0 Å². The number of hydrogen-bond acceptors (Lipinski definition) is 3. The van der Waals surface area contributed by atoms with Crippen LogP contribution in [0.3, 0.4) is 0 Å². The van der Waals surface area contributed by atoms with Gasteiger partial charge in [-0.15, -0.1) is 0 Å². The van der Waals surface area contributed by atoms with E-state index in [1.807, 2.05) is 13.8 Å². The van der Waals surface area contributed by atoms with E-state index >= 15 is 0 Å². The molecule has 2 amide bonds. The largest absolute Gasteiger partial charge is 0.372 e. The lowest BCUT2D eigenvalue weighted by atomic mass is 10.1. The Kier molecular flexibility index (Phi) is 4.35. The van der Waals surface area contributed by atoms with E-state index in [2.05, 4.69) is 6.58 Å². The summed E-state index contributed by atoms with van der Waals surface area (Å²) in [5, 5.41) is 0. The van der Waals surface area contributed by atoms with E-state index in [-0.39, 0.29) is 24.5 Å². The Bertz CT molecular complexity index is 515. The second kappa shape index (κ2) is 6.01. The lowest BCUT2D eigenvalue weighted by Crippen LogP contribution is -2.33. The highest BCUT2D eigenvalue weighted by atomic mass is 16.5. The summed E-state index contributed by atoms with van der Waals surface area (Å²) in [5.74, 6) is -0.479. The molecule has 1 aromatic rings. The number of carbonyl (C=O) groups is 2. The number of nitrogens with zero attached hydrogens (tertiary/aromatic N) is 1. The standard InChI is InChI=1S/C16H19NO3/c1-4-11(2)12(3)20-10-9-17-15(18)13-7-5-6-8-14(13)16(17)19/h5-8,12H,2,4,9-10H2,1,3H3/t12-/m1/s1. The topological polar surface area (TPSA) is 46.6 Å². The van der Waals surface area contributed by atoms with Crippen molar-refractivity contribution in [3.05, 3.63) is 47.5 Å². The third-order valence-corrected chi connectivity index (χ3v) is 3.59. The highest BCUT2D eigenvalue weighted by Crippen LogP contribution is 2.22. The van der Waals surface area contributed by atoms with Gasteiger partial charge in [0.05, 0.1) is 30.4 Å². The molecule has 0 N–H and O–H groups in total. The Morgan fingerprint density at radius 2 is 1.80 bits per heavy atom. The molecular weight excluding hydrogens is 254 g/mol. The number of ether oxygens (including phenoxy) is 1. The van der Waals surface area contributed by atoms with Gasteiger partial charge in [-0.3, -0.25) is 14.5 Å². The molecule has 0 fully saturated rings. The van der Waals surface area contributed by atoms with Crippen molar-refractivity contribution in [2.45, 2.75) is 26.4 Å². The molecule has 106 valence electrons. The monoisotopic (exact) mass is 273 g/mol. The van der Waals surface area contributed by atoms with Crippen molar-refractivity contribution in [3.63, 3.8) is 0 Å². The molecule has 1 aliphatic heterocycles. The third kappa shape index (κ3) is 2.65. The summed E-state index contributed by atoms with van der Waals surface area (Å²) in [7, 11) is 0. The number of rotatable bonds is 6. The van der Waals surface area contributed by atoms with Crippen LogP contribution in [0.1, 0.15) is 41.0 Å². The highest BCUT2D eigenvalue weighted by Gasteiger charge is 2.34. The van der Waals surface area contributed by atoms with E-state index in [9.17, 15) is 9.59 Å². The molecule has 0 saturated heterocycles. The van der Waals surface area contributed by atoms with Crippen molar-refractivity contribution >= 4 is 11.8 Å². The Morgan fingerprint density at radius 3 is 2.30 bits per heavy atom. The first-order valence-electron chi connectivity index (χ1n) is 6.80. The molecule has 0 aromatic heterocycles. The summed E-state index contributed by atoms with van der Waals surface area (Å²) in [4.78, 5) is 25.5. The maximum absolute atomic E-state index is 12.1. The first-order chi connectivity index (χ1) is 9.56. The van der Waals surface area contributed by atoms with E-state index in [1.54, 1.807) is 24.3 Å². The van der Waals surface area contributed by atoms with Crippen molar-refractivity contribution in [2.75, 3.05) is 13.2 Å². The van der Waals surface area contributed by atoms with Crippen LogP contribution in [0.4, 0.5) is 0 Å². The number of hydrogen-bond donors (Lipinski definition) is 0. The molecule has 0 radical (unpaired) electrons. The normalized spacial score (nSPS) is 15.4. The van der Waals surface area contributed by atoms with Crippen LogP contribution >= 0.6 is 0 Å². The number of benzene rings is 1. The van der Waals surface area contributed by atoms with Crippen LogP contribution in [0.2, 0.25) is 0 Å². The SMILES string of the molecule is C=C(CC)[C@@H](C)OCCN1C(=O)c2ccccc2C1=O. The summed E-state index contributed by atoms with van der Waals surface area (Å²) in [6.45, 7) is 8.45. The summed E-state index contributed by atoms with van der Waals surface area (Å²) in [6, 6.07) is 6.88. The van der Waals surface area contributed by atoms with Gasteiger partial charge in [0.15, 0.2) is 0 Å². The molecule has 0 saturated carbocycles. The van der Waals surface area contributed by atoms with Gasteiger partial charge in [0.2, 0.25) is 0 Å². The third-order valence-electron chi connectivity index (χ3n) is 3.59. The molecule has 0 aliphatic carbocycles. The lowest BCUT2D eigenvalue weighted by molar-refractivity contribution is 0.0480. The minimum atomic E-state index is -0.240. The van der Waals surface area contributed by atoms with E-state index in [4.69, 9.17) is 4.74 Å². The summed E-state index contributed by atoms with van der Waals surface area (Å²) in [6.07, 6.45) is 0.795. The fraction of sp³-hybridized carbons (Fsp3) is 0.375. The lowest BCUT2D eigenvalue weighted by Gasteiger charge is -2.18. The van der Waals surface area contributed by atoms with Crippen LogP contribution in [0, 0.1) is 0 Å². The number of fused-ring (bicyclic) bond motifs is 1. The Hall–Kier alpha value is -1.94. The average molecular weight is 273 g/mol. The maximum Gasteiger partial charge on any atom is 0.261 e. The molecule has 0 bridgehead atoms. The molecule has 1 atom stereocenters. The van der Waals surface area contributed by atoms with Crippen molar-refractivity contribution in [2.24, 2.45) is 0 Å². The molecule has 1 heterocycles.